The van der Waals surface area contributed by atoms with E-state index >= 15 is 0 Å². The van der Waals surface area contributed by atoms with Crippen LogP contribution in [0.15, 0.2) is 12.1 Å². The van der Waals surface area contributed by atoms with Crippen LogP contribution in [0.3, 0.4) is 0 Å². The summed E-state index contributed by atoms with van der Waals surface area (Å²) >= 11 is 0. The number of ether oxygens (including phenoxy) is 2. The van der Waals surface area contributed by atoms with Crippen LogP contribution in [0.2, 0.25) is 0 Å². The van der Waals surface area contributed by atoms with Crippen molar-refractivity contribution in [3.05, 3.63) is 17.7 Å². The second-order valence-electron chi connectivity index (χ2n) is 3.91. The SMILES string of the molecule is COc1cc(C2CCCN2)c(OC)cc1O. The van der Waals surface area contributed by atoms with Gasteiger partial charge in [0.2, 0.25) is 0 Å². The molecule has 2 N–H and O–H groups in total. The lowest BCUT2D eigenvalue weighted by Crippen LogP contribution is -2.13. The van der Waals surface area contributed by atoms with Gasteiger partial charge in [0.05, 0.1) is 14.2 Å². The summed E-state index contributed by atoms with van der Waals surface area (Å²) in [4.78, 5) is 0. The Kier molecular flexibility index (Phi) is 3.19. The number of rotatable bonds is 3. The summed E-state index contributed by atoms with van der Waals surface area (Å²) in [5.74, 6) is 1.31. The number of phenols is 1. The molecule has 0 aliphatic carbocycles. The average Bonchev–Trinajstić information content (AvgIpc) is 2.82. The van der Waals surface area contributed by atoms with Crippen LogP contribution in [-0.4, -0.2) is 25.9 Å². The van der Waals surface area contributed by atoms with Crippen LogP contribution in [0, 0.1) is 0 Å². The first-order valence-corrected chi connectivity index (χ1v) is 5.44. The van der Waals surface area contributed by atoms with Gasteiger partial charge in [0, 0.05) is 17.7 Å². The Morgan fingerprint density at radius 3 is 2.56 bits per heavy atom. The second kappa shape index (κ2) is 4.61. The van der Waals surface area contributed by atoms with Gasteiger partial charge in [-0.2, -0.15) is 0 Å². The van der Waals surface area contributed by atoms with Gasteiger partial charge >= 0.3 is 0 Å². The van der Waals surface area contributed by atoms with Gasteiger partial charge in [-0.3, -0.25) is 0 Å². The van der Waals surface area contributed by atoms with E-state index in [0.29, 0.717) is 17.5 Å². The Balaban J connectivity index is 2.40. The van der Waals surface area contributed by atoms with Crippen molar-refractivity contribution in [2.75, 3.05) is 20.8 Å². The van der Waals surface area contributed by atoms with E-state index < -0.39 is 0 Å². The van der Waals surface area contributed by atoms with Crippen LogP contribution in [-0.2, 0) is 0 Å². The van der Waals surface area contributed by atoms with Crippen LogP contribution in [0.25, 0.3) is 0 Å². The standard InChI is InChI=1S/C12H17NO3/c1-15-11-7-10(14)12(16-2)6-8(11)9-4-3-5-13-9/h6-7,9,13-14H,3-5H2,1-2H3. The number of aromatic hydroxyl groups is 1. The third kappa shape index (κ3) is 1.93. The summed E-state index contributed by atoms with van der Waals surface area (Å²) < 4.78 is 10.4. The maximum Gasteiger partial charge on any atom is 0.161 e. The molecule has 1 aromatic carbocycles. The van der Waals surface area contributed by atoms with Gasteiger partial charge in [-0.05, 0) is 25.5 Å². The molecular weight excluding hydrogens is 206 g/mol. The molecule has 0 bridgehead atoms. The Morgan fingerprint density at radius 1 is 1.25 bits per heavy atom. The molecule has 1 aliphatic rings. The highest BCUT2D eigenvalue weighted by atomic mass is 16.5. The lowest BCUT2D eigenvalue weighted by atomic mass is 10.0. The zero-order chi connectivity index (χ0) is 11.5. The number of benzene rings is 1. The van der Waals surface area contributed by atoms with Crippen molar-refractivity contribution in [1.82, 2.24) is 5.32 Å². The predicted molar refractivity (Wildman–Crippen MR) is 61.2 cm³/mol. The lowest BCUT2D eigenvalue weighted by Gasteiger charge is -2.17. The summed E-state index contributed by atoms with van der Waals surface area (Å²) in [6.07, 6.45) is 2.25. The summed E-state index contributed by atoms with van der Waals surface area (Å²) in [7, 11) is 3.16. The highest BCUT2D eigenvalue weighted by Gasteiger charge is 2.21. The van der Waals surface area contributed by atoms with Crippen molar-refractivity contribution in [3.63, 3.8) is 0 Å². The highest BCUT2D eigenvalue weighted by molar-refractivity contribution is 5.51. The minimum absolute atomic E-state index is 0.112. The fraction of sp³-hybridized carbons (Fsp3) is 0.500. The smallest absolute Gasteiger partial charge is 0.161 e. The summed E-state index contributed by atoms with van der Waals surface area (Å²) in [6, 6.07) is 3.75. The number of nitrogens with one attached hydrogen (secondary N) is 1. The fourth-order valence-corrected chi connectivity index (χ4v) is 2.13. The van der Waals surface area contributed by atoms with Gasteiger partial charge in [-0.1, -0.05) is 0 Å². The molecule has 1 atom stereocenters. The summed E-state index contributed by atoms with van der Waals surface area (Å²) in [6.45, 7) is 1.02. The molecule has 4 heteroatoms. The van der Waals surface area contributed by atoms with Gasteiger partial charge in [0.1, 0.15) is 5.75 Å². The normalized spacial score (nSPS) is 19.8. The van der Waals surface area contributed by atoms with Crippen LogP contribution < -0.4 is 14.8 Å². The van der Waals surface area contributed by atoms with E-state index in [4.69, 9.17) is 9.47 Å². The lowest BCUT2D eigenvalue weighted by molar-refractivity contribution is 0.361. The predicted octanol–water partition coefficient (Wildman–Crippen LogP) is 1.83. The topological polar surface area (TPSA) is 50.7 Å². The van der Waals surface area contributed by atoms with Gasteiger partial charge in [0.25, 0.3) is 0 Å². The van der Waals surface area contributed by atoms with E-state index in [2.05, 4.69) is 5.32 Å². The first kappa shape index (κ1) is 11.1. The van der Waals surface area contributed by atoms with Gasteiger partial charge in [-0.25, -0.2) is 0 Å². The minimum atomic E-state index is 0.112. The maximum atomic E-state index is 9.66. The minimum Gasteiger partial charge on any atom is -0.504 e. The molecule has 0 aromatic heterocycles. The van der Waals surface area contributed by atoms with Gasteiger partial charge < -0.3 is 19.9 Å². The second-order valence-corrected chi connectivity index (χ2v) is 3.91. The van der Waals surface area contributed by atoms with Crippen molar-refractivity contribution in [2.45, 2.75) is 18.9 Å². The van der Waals surface area contributed by atoms with E-state index in [1.807, 2.05) is 6.07 Å². The number of hydrogen-bond donors (Lipinski definition) is 2. The first-order valence-electron chi connectivity index (χ1n) is 5.44. The molecule has 1 aromatic rings. The van der Waals surface area contributed by atoms with Crippen LogP contribution in [0.4, 0.5) is 0 Å². The van der Waals surface area contributed by atoms with Crippen molar-refractivity contribution in [2.24, 2.45) is 0 Å². The Labute approximate surface area is 95.2 Å². The number of methoxy groups -OCH3 is 2. The number of phenolic OH excluding ortho intramolecular Hbond substituents is 1. The fourth-order valence-electron chi connectivity index (χ4n) is 2.13. The Hall–Kier alpha value is -1.42. The molecular formula is C12H17NO3. The van der Waals surface area contributed by atoms with E-state index in [1.165, 1.54) is 0 Å². The van der Waals surface area contributed by atoms with E-state index in [1.54, 1.807) is 20.3 Å². The molecule has 0 amide bonds. The van der Waals surface area contributed by atoms with E-state index in [-0.39, 0.29) is 5.75 Å². The molecule has 0 saturated carbocycles. The molecule has 16 heavy (non-hydrogen) atoms. The third-order valence-corrected chi connectivity index (χ3v) is 2.97. The van der Waals surface area contributed by atoms with Crippen molar-refractivity contribution in [1.29, 1.82) is 0 Å². The quantitative estimate of drug-likeness (QED) is 0.821. The molecule has 1 fully saturated rings. The Morgan fingerprint density at radius 2 is 2.00 bits per heavy atom. The first-order chi connectivity index (χ1) is 7.76. The average molecular weight is 223 g/mol. The van der Waals surface area contributed by atoms with Crippen LogP contribution in [0.1, 0.15) is 24.4 Å². The van der Waals surface area contributed by atoms with Crippen LogP contribution >= 0.6 is 0 Å². The van der Waals surface area contributed by atoms with E-state index in [9.17, 15) is 5.11 Å². The molecule has 1 heterocycles. The van der Waals surface area contributed by atoms with Gasteiger partial charge in [-0.15, -0.1) is 0 Å². The van der Waals surface area contributed by atoms with Crippen molar-refractivity contribution >= 4 is 0 Å². The Bertz CT molecular complexity index is 373. The largest absolute Gasteiger partial charge is 0.504 e. The highest BCUT2D eigenvalue weighted by Crippen LogP contribution is 2.38. The van der Waals surface area contributed by atoms with Crippen molar-refractivity contribution in [3.8, 4) is 17.2 Å². The third-order valence-electron chi connectivity index (χ3n) is 2.97. The molecule has 88 valence electrons. The monoisotopic (exact) mass is 223 g/mol. The van der Waals surface area contributed by atoms with Crippen molar-refractivity contribution < 1.29 is 14.6 Å². The number of hydrogen-bond acceptors (Lipinski definition) is 4. The molecule has 1 unspecified atom stereocenters. The van der Waals surface area contributed by atoms with E-state index in [0.717, 1.165) is 24.9 Å². The summed E-state index contributed by atoms with van der Waals surface area (Å²) in [5, 5.41) is 13.1. The molecule has 0 radical (unpaired) electrons. The molecule has 2 rings (SSSR count). The van der Waals surface area contributed by atoms with Crippen LogP contribution in [0.5, 0.6) is 17.2 Å². The molecule has 4 nitrogen and oxygen atoms in total. The molecule has 0 spiro atoms. The van der Waals surface area contributed by atoms with Gasteiger partial charge in [0.15, 0.2) is 11.5 Å². The molecule has 1 saturated heterocycles. The zero-order valence-corrected chi connectivity index (χ0v) is 9.62. The zero-order valence-electron chi connectivity index (χ0n) is 9.62. The maximum absolute atomic E-state index is 9.66. The molecule has 1 aliphatic heterocycles. The summed E-state index contributed by atoms with van der Waals surface area (Å²) in [5.41, 5.74) is 1.05.